The van der Waals surface area contributed by atoms with Crippen molar-refractivity contribution in [3.63, 3.8) is 0 Å². The molecule has 166 valence electrons. The van der Waals surface area contributed by atoms with Crippen LogP contribution in [0, 0.1) is 5.92 Å². The SMILES string of the molecule is Cn1cc(C2CCN(C(=O)C3CCCC3)CC2)c2cc(NC(=O)c3ccccc3)ccc21. The number of rotatable bonds is 4. The van der Waals surface area contributed by atoms with Crippen molar-refractivity contribution in [1.29, 1.82) is 0 Å². The number of piperidine rings is 1. The average Bonchev–Trinajstić information content (AvgIpc) is 3.48. The van der Waals surface area contributed by atoms with Gasteiger partial charge in [0.25, 0.3) is 5.91 Å². The second kappa shape index (κ2) is 8.81. The van der Waals surface area contributed by atoms with Gasteiger partial charge in [-0.25, -0.2) is 0 Å². The highest BCUT2D eigenvalue weighted by atomic mass is 16.2. The van der Waals surface area contributed by atoms with Crippen LogP contribution in [0.15, 0.2) is 54.7 Å². The number of hydrogen-bond donors (Lipinski definition) is 1. The molecule has 1 aliphatic heterocycles. The normalized spacial score (nSPS) is 17.7. The van der Waals surface area contributed by atoms with Gasteiger partial charge in [-0.15, -0.1) is 0 Å². The third kappa shape index (κ3) is 4.04. The third-order valence-corrected chi connectivity index (χ3v) is 7.26. The van der Waals surface area contributed by atoms with Gasteiger partial charge in [0.15, 0.2) is 0 Å². The molecule has 5 heteroatoms. The van der Waals surface area contributed by atoms with E-state index in [9.17, 15) is 9.59 Å². The minimum atomic E-state index is -0.0961. The Morgan fingerprint density at radius 2 is 1.66 bits per heavy atom. The lowest BCUT2D eigenvalue weighted by molar-refractivity contribution is -0.136. The Bertz CT molecular complexity index is 1120. The van der Waals surface area contributed by atoms with Crippen molar-refractivity contribution in [2.75, 3.05) is 18.4 Å². The van der Waals surface area contributed by atoms with Crippen molar-refractivity contribution in [3.8, 4) is 0 Å². The lowest BCUT2D eigenvalue weighted by Gasteiger charge is -2.33. The second-order valence-corrected chi connectivity index (χ2v) is 9.33. The molecule has 32 heavy (non-hydrogen) atoms. The number of anilines is 1. The fraction of sp³-hybridized carbons (Fsp3) is 0.407. The van der Waals surface area contributed by atoms with Gasteiger partial charge in [0.1, 0.15) is 0 Å². The Morgan fingerprint density at radius 3 is 2.38 bits per heavy atom. The fourth-order valence-electron chi connectivity index (χ4n) is 5.46. The zero-order chi connectivity index (χ0) is 22.1. The van der Waals surface area contributed by atoms with Crippen LogP contribution >= 0.6 is 0 Å². The fourth-order valence-corrected chi connectivity index (χ4v) is 5.46. The van der Waals surface area contributed by atoms with Gasteiger partial charge in [-0.1, -0.05) is 31.0 Å². The molecule has 2 aliphatic rings. The number of fused-ring (bicyclic) bond motifs is 1. The van der Waals surface area contributed by atoms with Gasteiger partial charge in [0.05, 0.1) is 0 Å². The van der Waals surface area contributed by atoms with Crippen LogP contribution in [-0.4, -0.2) is 34.4 Å². The summed E-state index contributed by atoms with van der Waals surface area (Å²) in [6.07, 6.45) is 8.76. The van der Waals surface area contributed by atoms with Crippen molar-refractivity contribution in [3.05, 3.63) is 65.9 Å². The maximum Gasteiger partial charge on any atom is 0.255 e. The monoisotopic (exact) mass is 429 g/mol. The first-order valence-electron chi connectivity index (χ1n) is 11.8. The minimum Gasteiger partial charge on any atom is -0.350 e. The predicted molar refractivity (Wildman–Crippen MR) is 128 cm³/mol. The van der Waals surface area contributed by atoms with Gasteiger partial charge in [0.2, 0.25) is 5.91 Å². The van der Waals surface area contributed by atoms with Crippen molar-refractivity contribution in [2.24, 2.45) is 13.0 Å². The minimum absolute atomic E-state index is 0.0961. The molecule has 0 atom stereocenters. The van der Waals surface area contributed by atoms with Crippen LogP contribution in [-0.2, 0) is 11.8 Å². The molecule has 5 nitrogen and oxygen atoms in total. The van der Waals surface area contributed by atoms with Gasteiger partial charge in [-0.05, 0) is 67.5 Å². The molecule has 2 amide bonds. The molecule has 2 heterocycles. The van der Waals surface area contributed by atoms with Crippen LogP contribution in [0.2, 0.25) is 0 Å². The Kier molecular flexibility index (Phi) is 5.73. The number of likely N-dealkylation sites (tertiary alicyclic amines) is 1. The number of nitrogens with one attached hydrogen (secondary N) is 1. The van der Waals surface area contributed by atoms with Crippen molar-refractivity contribution < 1.29 is 9.59 Å². The summed E-state index contributed by atoms with van der Waals surface area (Å²) in [4.78, 5) is 27.5. The number of aryl methyl sites for hydroxylation is 1. The molecule has 0 spiro atoms. The summed E-state index contributed by atoms with van der Waals surface area (Å²) < 4.78 is 2.17. The van der Waals surface area contributed by atoms with Crippen LogP contribution in [0.3, 0.4) is 0 Å². The molecule has 0 unspecified atom stereocenters. The van der Waals surface area contributed by atoms with Gasteiger partial charge >= 0.3 is 0 Å². The Morgan fingerprint density at radius 1 is 0.938 bits per heavy atom. The Balaban J connectivity index is 1.32. The first kappa shape index (κ1) is 20.8. The lowest BCUT2D eigenvalue weighted by Crippen LogP contribution is -2.40. The summed E-state index contributed by atoms with van der Waals surface area (Å²) in [5.74, 6) is 0.984. The van der Waals surface area contributed by atoms with Gasteiger partial charge in [-0.2, -0.15) is 0 Å². The molecule has 3 aromatic rings. The molecule has 1 N–H and O–H groups in total. The first-order chi connectivity index (χ1) is 15.6. The summed E-state index contributed by atoms with van der Waals surface area (Å²) in [7, 11) is 2.08. The van der Waals surface area contributed by atoms with E-state index < -0.39 is 0 Å². The molecule has 1 aromatic heterocycles. The first-order valence-corrected chi connectivity index (χ1v) is 11.8. The molecular weight excluding hydrogens is 398 g/mol. The maximum atomic E-state index is 12.8. The van der Waals surface area contributed by atoms with E-state index in [0.717, 1.165) is 44.5 Å². The summed E-state index contributed by atoms with van der Waals surface area (Å²) in [5, 5.41) is 4.24. The molecule has 2 fully saturated rings. The Hall–Kier alpha value is -3.08. The average molecular weight is 430 g/mol. The molecule has 0 radical (unpaired) electrons. The van der Waals surface area contributed by atoms with Crippen LogP contribution in [0.4, 0.5) is 5.69 Å². The van der Waals surface area contributed by atoms with Gasteiger partial charge < -0.3 is 14.8 Å². The number of hydrogen-bond acceptors (Lipinski definition) is 2. The van der Waals surface area contributed by atoms with E-state index in [1.807, 2.05) is 36.4 Å². The van der Waals surface area contributed by atoms with E-state index in [4.69, 9.17) is 0 Å². The standard InChI is InChI=1S/C27H31N3O2/c1-29-18-24(19-13-15-30(16-14-19)27(32)21-9-5-6-10-21)23-17-22(11-12-25(23)29)28-26(31)20-7-3-2-4-8-20/h2-4,7-8,11-12,17-19,21H,5-6,9-10,13-16H2,1H3,(H,28,31). The topological polar surface area (TPSA) is 54.3 Å². The van der Waals surface area contributed by atoms with Crippen molar-refractivity contribution in [1.82, 2.24) is 9.47 Å². The summed E-state index contributed by atoms with van der Waals surface area (Å²) in [6.45, 7) is 1.70. The number of carbonyl (C=O) groups is 2. The van der Waals surface area contributed by atoms with E-state index in [1.165, 1.54) is 29.3 Å². The smallest absolute Gasteiger partial charge is 0.255 e. The summed E-state index contributed by atoms with van der Waals surface area (Å²) >= 11 is 0. The number of benzene rings is 2. The van der Waals surface area contributed by atoms with Crippen molar-refractivity contribution >= 4 is 28.4 Å². The second-order valence-electron chi connectivity index (χ2n) is 9.33. The number of carbonyl (C=O) groups excluding carboxylic acids is 2. The van der Waals surface area contributed by atoms with Crippen LogP contribution < -0.4 is 5.32 Å². The maximum absolute atomic E-state index is 12.8. The summed E-state index contributed by atoms with van der Waals surface area (Å²) in [6, 6.07) is 15.4. The third-order valence-electron chi connectivity index (χ3n) is 7.26. The highest BCUT2D eigenvalue weighted by Crippen LogP contribution is 2.36. The van der Waals surface area contributed by atoms with Crippen molar-refractivity contribution in [2.45, 2.75) is 44.4 Å². The number of nitrogens with zero attached hydrogens (tertiary/aromatic N) is 2. The largest absolute Gasteiger partial charge is 0.350 e. The zero-order valence-electron chi connectivity index (χ0n) is 18.7. The summed E-state index contributed by atoms with van der Waals surface area (Å²) in [5.41, 5.74) is 3.96. The molecule has 1 aliphatic carbocycles. The number of aromatic nitrogens is 1. The molecule has 1 saturated carbocycles. The van der Waals surface area contributed by atoms with Gasteiger partial charge in [0, 0.05) is 54.4 Å². The van der Waals surface area contributed by atoms with E-state index >= 15 is 0 Å². The van der Waals surface area contributed by atoms with Crippen LogP contribution in [0.1, 0.15) is 60.4 Å². The molecule has 5 rings (SSSR count). The molecule has 0 bridgehead atoms. The highest BCUT2D eigenvalue weighted by molar-refractivity contribution is 6.05. The van der Waals surface area contributed by atoms with E-state index in [0.29, 0.717) is 17.4 Å². The van der Waals surface area contributed by atoms with E-state index in [2.05, 4.69) is 40.2 Å². The Labute approximate surface area is 189 Å². The van der Waals surface area contributed by atoms with E-state index in [-0.39, 0.29) is 11.8 Å². The highest BCUT2D eigenvalue weighted by Gasteiger charge is 2.31. The van der Waals surface area contributed by atoms with Crippen LogP contribution in [0.25, 0.3) is 10.9 Å². The molecule has 2 aromatic carbocycles. The quantitative estimate of drug-likeness (QED) is 0.610. The molecule has 1 saturated heterocycles. The number of amides is 2. The zero-order valence-corrected chi connectivity index (χ0v) is 18.7. The van der Waals surface area contributed by atoms with Gasteiger partial charge in [-0.3, -0.25) is 9.59 Å². The van der Waals surface area contributed by atoms with E-state index in [1.54, 1.807) is 0 Å². The molecular formula is C27H31N3O2. The van der Waals surface area contributed by atoms with Crippen LogP contribution in [0.5, 0.6) is 0 Å². The lowest BCUT2D eigenvalue weighted by atomic mass is 9.88. The predicted octanol–water partition coefficient (Wildman–Crippen LogP) is 5.33.